The van der Waals surface area contributed by atoms with Crippen molar-refractivity contribution in [1.29, 1.82) is 0 Å². The number of amides is 4. The highest BCUT2D eigenvalue weighted by molar-refractivity contribution is 5.94. The molecule has 0 spiro atoms. The summed E-state index contributed by atoms with van der Waals surface area (Å²) in [5, 5.41) is 25.0. The van der Waals surface area contributed by atoms with Gasteiger partial charge in [-0.1, -0.05) is 13.8 Å². The van der Waals surface area contributed by atoms with E-state index in [-0.39, 0.29) is 12.8 Å². The van der Waals surface area contributed by atoms with Crippen LogP contribution in [-0.2, 0) is 24.0 Å². The van der Waals surface area contributed by atoms with Crippen molar-refractivity contribution in [2.75, 3.05) is 6.61 Å². The van der Waals surface area contributed by atoms with Crippen molar-refractivity contribution in [3.8, 4) is 0 Å². The summed E-state index contributed by atoms with van der Waals surface area (Å²) < 4.78 is 0. The van der Waals surface area contributed by atoms with Crippen LogP contribution in [0.3, 0.4) is 0 Å². The van der Waals surface area contributed by atoms with Gasteiger partial charge in [-0.2, -0.15) is 0 Å². The molecule has 28 heavy (non-hydrogen) atoms. The molecule has 160 valence electrons. The maximum Gasteiger partial charge on any atom is 0.325 e. The molecule has 0 aromatic rings. The number of aliphatic hydroxyl groups is 1. The Balaban J connectivity index is 4.99. The average molecular weight is 403 g/mol. The van der Waals surface area contributed by atoms with Gasteiger partial charge in [0.1, 0.15) is 18.1 Å². The van der Waals surface area contributed by atoms with Gasteiger partial charge in [0.05, 0.1) is 12.6 Å². The quantitative estimate of drug-likeness (QED) is 0.175. The number of hydrogen-bond donors (Lipinski definition) is 7. The number of carboxylic acid groups (broad SMARTS) is 1. The van der Waals surface area contributed by atoms with Crippen molar-refractivity contribution in [1.82, 2.24) is 16.0 Å². The number of aliphatic hydroxyl groups excluding tert-OH is 1. The van der Waals surface area contributed by atoms with Crippen molar-refractivity contribution in [3.05, 3.63) is 0 Å². The van der Waals surface area contributed by atoms with Crippen LogP contribution in [0, 0.1) is 5.92 Å². The number of carboxylic acids is 1. The first-order chi connectivity index (χ1) is 12.9. The molecule has 0 saturated carbocycles. The third kappa shape index (κ3) is 8.77. The Kier molecular flexibility index (Phi) is 10.7. The van der Waals surface area contributed by atoms with E-state index in [1.807, 2.05) is 0 Å². The molecule has 4 amide bonds. The first-order valence-electron chi connectivity index (χ1n) is 8.69. The SMILES string of the molecule is CC(NC(=O)C(CO)NC(=O)C(NC(=O)C(N)CCC(N)=O)C(C)C)C(=O)O. The minimum Gasteiger partial charge on any atom is -0.480 e. The van der Waals surface area contributed by atoms with E-state index in [1.165, 1.54) is 6.92 Å². The molecule has 0 aliphatic rings. The number of aliphatic carboxylic acids is 1. The molecule has 0 heterocycles. The number of hydrogen-bond acceptors (Lipinski definition) is 7. The third-order valence-corrected chi connectivity index (χ3v) is 3.83. The van der Waals surface area contributed by atoms with Crippen LogP contribution < -0.4 is 27.4 Å². The van der Waals surface area contributed by atoms with Gasteiger partial charge in [0.15, 0.2) is 0 Å². The summed E-state index contributed by atoms with van der Waals surface area (Å²) in [7, 11) is 0. The van der Waals surface area contributed by atoms with Gasteiger partial charge in [-0.25, -0.2) is 0 Å². The van der Waals surface area contributed by atoms with Crippen LogP contribution in [0.1, 0.15) is 33.6 Å². The standard InChI is InChI=1S/C16H29N5O7/c1-7(2)12(21-13(24)9(17)4-5-11(18)23)15(26)20-10(6-22)14(25)19-8(3)16(27)28/h7-10,12,22H,4-6,17H2,1-3H3,(H2,18,23)(H,19,25)(H,20,26)(H,21,24)(H,27,28). The normalized spacial score (nSPS) is 15.1. The maximum atomic E-state index is 12.5. The van der Waals surface area contributed by atoms with E-state index in [2.05, 4.69) is 16.0 Å². The van der Waals surface area contributed by atoms with Crippen LogP contribution in [0.4, 0.5) is 0 Å². The Morgan fingerprint density at radius 1 is 0.929 bits per heavy atom. The number of nitrogens with one attached hydrogen (secondary N) is 3. The van der Waals surface area contributed by atoms with Gasteiger partial charge in [0.25, 0.3) is 0 Å². The van der Waals surface area contributed by atoms with Crippen LogP contribution >= 0.6 is 0 Å². The Bertz CT molecular complexity index is 596. The van der Waals surface area contributed by atoms with Gasteiger partial charge >= 0.3 is 5.97 Å². The zero-order chi connectivity index (χ0) is 22.0. The van der Waals surface area contributed by atoms with Crippen LogP contribution in [0.5, 0.6) is 0 Å². The van der Waals surface area contributed by atoms with Crippen LogP contribution in [0.15, 0.2) is 0 Å². The lowest BCUT2D eigenvalue weighted by atomic mass is 10.0. The Morgan fingerprint density at radius 3 is 1.93 bits per heavy atom. The molecule has 0 aliphatic carbocycles. The molecule has 0 radical (unpaired) electrons. The summed E-state index contributed by atoms with van der Waals surface area (Å²) in [6.07, 6.45) is -0.0933. The molecule has 0 aliphatic heterocycles. The van der Waals surface area contributed by atoms with Crippen LogP contribution in [-0.4, -0.2) is 70.6 Å². The third-order valence-electron chi connectivity index (χ3n) is 3.83. The van der Waals surface area contributed by atoms with Crippen molar-refractivity contribution >= 4 is 29.6 Å². The fraction of sp³-hybridized carbons (Fsp3) is 0.688. The molecule has 0 aromatic heterocycles. The van der Waals surface area contributed by atoms with Gasteiger partial charge in [-0.05, 0) is 19.3 Å². The van der Waals surface area contributed by atoms with Crippen molar-refractivity contribution in [2.24, 2.45) is 17.4 Å². The first kappa shape index (κ1) is 25.3. The Labute approximate surface area is 162 Å². The molecule has 0 bridgehead atoms. The smallest absolute Gasteiger partial charge is 0.325 e. The van der Waals surface area contributed by atoms with E-state index >= 15 is 0 Å². The molecule has 0 rings (SSSR count). The monoisotopic (exact) mass is 403 g/mol. The predicted octanol–water partition coefficient (Wildman–Crippen LogP) is -3.21. The highest BCUT2D eigenvalue weighted by atomic mass is 16.4. The van der Waals surface area contributed by atoms with E-state index in [0.29, 0.717) is 0 Å². The number of rotatable bonds is 12. The van der Waals surface area contributed by atoms with E-state index in [9.17, 15) is 29.1 Å². The van der Waals surface area contributed by atoms with Crippen LogP contribution in [0.2, 0.25) is 0 Å². The maximum absolute atomic E-state index is 12.5. The molecule has 4 atom stereocenters. The summed E-state index contributed by atoms with van der Waals surface area (Å²) in [6, 6.07) is -4.76. The first-order valence-corrected chi connectivity index (χ1v) is 8.69. The zero-order valence-corrected chi connectivity index (χ0v) is 16.1. The topological polar surface area (TPSA) is 214 Å². The van der Waals surface area contributed by atoms with Crippen molar-refractivity contribution in [3.63, 3.8) is 0 Å². The minimum atomic E-state index is -1.41. The summed E-state index contributed by atoms with van der Waals surface area (Å²) in [4.78, 5) is 58.1. The van der Waals surface area contributed by atoms with Crippen LogP contribution in [0.25, 0.3) is 0 Å². The minimum absolute atomic E-state index is 0.00233. The molecular weight excluding hydrogens is 374 g/mol. The van der Waals surface area contributed by atoms with E-state index in [4.69, 9.17) is 16.6 Å². The van der Waals surface area contributed by atoms with Gasteiger partial charge in [0.2, 0.25) is 23.6 Å². The van der Waals surface area contributed by atoms with Crippen molar-refractivity contribution < 1.29 is 34.2 Å². The number of nitrogens with two attached hydrogens (primary N) is 2. The van der Waals surface area contributed by atoms with Gasteiger partial charge in [0, 0.05) is 6.42 Å². The largest absolute Gasteiger partial charge is 0.480 e. The molecule has 9 N–H and O–H groups in total. The molecule has 0 aromatic carbocycles. The summed E-state index contributed by atoms with van der Waals surface area (Å²) >= 11 is 0. The highest BCUT2D eigenvalue weighted by Gasteiger charge is 2.30. The van der Waals surface area contributed by atoms with Gasteiger partial charge in [-0.3, -0.25) is 24.0 Å². The molecule has 12 nitrogen and oxygen atoms in total. The summed E-state index contributed by atoms with van der Waals surface area (Å²) in [5.74, 6) is -4.63. The van der Waals surface area contributed by atoms with Gasteiger partial charge in [-0.15, -0.1) is 0 Å². The molecule has 0 fully saturated rings. The lowest BCUT2D eigenvalue weighted by Gasteiger charge is -2.26. The fourth-order valence-electron chi connectivity index (χ4n) is 2.06. The Morgan fingerprint density at radius 2 is 1.50 bits per heavy atom. The second-order valence-corrected chi connectivity index (χ2v) is 6.65. The lowest BCUT2D eigenvalue weighted by Crippen LogP contribution is -2.59. The molecule has 0 saturated heterocycles. The number of carbonyl (C=O) groups is 5. The van der Waals surface area contributed by atoms with E-state index < -0.39 is 66.3 Å². The van der Waals surface area contributed by atoms with Crippen molar-refractivity contribution in [2.45, 2.75) is 57.8 Å². The van der Waals surface area contributed by atoms with Gasteiger partial charge < -0.3 is 37.6 Å². The molecule has 12 heteroatoms. The number of carbonyl (C=O) groups excluding carboxylic acids is 4. The lowest BCUT2D eigenvalue weighted by molar-refractivity contribution is -0.142. The second-order valence-electron chi connectivity index (χ2n) is 6.65. The summed E-state index contributed by atoms with van der Waals surface area (Å²) in [5.41, 5.74) is 10.7. The predicted molar refractivity (Wildman–Crippen MR) is 97.4 cm³/mol. The van der Waals surface area contributed by atoms with E-state index in [0.717, 1.165) is 0 Å². The zero-order valence-electron chi connectivity index (χ0n) is 16.1. The molecule has 4 unspecified atom stereocenters. The fourth-order valence-corrected chi connectivity index (χ4v) is 2.06. The highest BCUT2D eigenvalue weighted by Crippen LogP contribution is 2.04. The summed E-state index contributed by atoms with van der Waals surface area (Å²) in [6.45, 7) is 3.72. The average Bonchev–Trinajstić information content (AvgIpc) is 2.60. The van der Waals surface area contributed by atoms with E-state index in [1.54, 1.807) is 13.8 Å². The second kappa shape index (κ2) is 11.9. The molecular formula is C16H29N5O7. The Hall–Kier alpha value is -2.73. The number of primary amides is 1.